The summed E-state index contributed by atoms with van der Waals surface area (Å²) in [6.07, 6.45) is 2.79. The molecule has 0 bridgehead atoms. The van der Waals surface area contributed by atoms with E-state index in [0.29, 0.717) is 18.0 Å². The summed E-state index contributed by atoms with van der Waals surface area (Å²) in [4.78, 5) is 12.0. The van der Waals surface area contributed by atoms with Crippen molar-refractivity contribution in [1.29, 1.82) is 0 Å². The fourth-order valence-corrected chi connectivity index (χ4v) is 1.91. The predicted molar refractivity (Wildman–Crippen MR) is 66.3 cm³/mol. The molecule has 1 heterocycles. The Morgan fingerprint density at radius 3 is 2.89 bits per heavy atom. The molecule has 18 heavy (non-hydrogen) atoms. The number of nitrogens with zero attached hydrogens (tertiary/aromatic N) is 1. The van der Waals surface area contributed by atoms with E-state index >= 15 is 0 Å². The van der Waals surface area contributed by atoms with Crippen LogP contribution in [-0.4, -0.2) is 28.8 Å². The van der Waals surface area contributed by atoms with E-state index in [9.17, 15) is 4.79 Å². The smallest absolute Gasteiger partial charge is 0.273 e. The van der Waals surface area contributed by atoms with E-state index in [0.717, 1.165) is 18.6 Å². The molecule has 1 aliphatic carbocycles. The third-order valence-corrected chi connectivity index (χ3v) is 3.30. The molecule has 0 radical (unpaired) electrons. The van der Waals surface area contributed by atoms with Gasteiger partial charge in [0.25, 0.3) is 5.91 Å². The first-order valence-electron chi connectivity index (χ1n) is 6.50. The molecule has 2 rings (SSSR count). The van der Waals surface area contributed by atoms with Crippen LogP contribution >= 0.6 is 0 Å². The number of aliphatic hydroxyl groups is 1. The van der Waals surface area contributed by atoms with Crippen molar-refractivity contribution in [2.45, 2.75) is 45.1 Å². The number of hydrogen-bond acceptors (Lipinski definition) is 4. The van der Waals surface area contributed by atoms with Crippen LogP contribution in [-0.2, 0) is 0 Å². The van der Waals surface area contributed by atoms with E-state index in [4.69, 9.17) is 9.63 Å². The Balaban J connectivity index is 1.96. The molecule has 1 aromatic rings. The van der Waals surface area contributed by atoms with E-state index < -0.39 is 0 Å². The molecule has 0 aliphatic heterocycles. The molecule has 5 nitrogen and oxygen atoms in total. The Labute approximate surface area is 107 Å². The minimum atomic E-state index is -0.224. The van der Waals surface area contributed by atoms with Gasteiger partial charge in [0.15, 0.2) is 5.69 Å². The standard InChI is InChI=1S/C13H20N2O3/c1-8(2)10(5-6-16)14-13(17)11-7-12(18-15-11)9-3-4-9/h7-10,16H,3-6H2,1-2H3,(H,14,17). The SMILES string of the molecule is CC(C)C(CCO)NC(=O)c1cc(C2CC2)on1. The van der Waals surface area contributed by atoms with Crippen LogP contribution in [0.3, 0.4) is 0 Å². The third-order valence-electron chi connectivity index (χ3n) is 3.30. The highest BCUT2D eigenvalue weighted by atomic mass is 16.5. The molecule has 5 heteroatoms. The first-order valence-corrected chi connectivity index (χ1v) is 6.50. The fraction of sp³-hybridized carbons (Fsp3) is 0.692. The van der Waals surface area contributed by atoms with Crippen LogP contribution in [0.2, 0.25) is 0 Å². The summed E-state index contributed by atoms with van der Waals surface area (Å²) in [6, 6.07) is 1.69. The van der Waals surface area contributed by atoms with Crippen molar-refractivity contribution in [2.75, 3.05) is 6.61 Å². The van der Waals surface area contributed by atoms with Gasteiger partial charge in [-0.1, -0.05) is 19.0 Å². The van der Waals surface area contributed by atoms with Gasteiger partial charge in [-0.25, -0.2) is 0 Å². The average molecular weight is 252 g/mol. The summed E-state index contributed by atoms with van der Waals surface area (Å²) in [6.45, 7) is 4.09. The highest BCUT2D eigenvalue weighted by Gasteiger charge is 2.29. The fourth-order valence-electron chi connectivity index (χ4n) is 1.91. The number of aliphatic hydroxyl groups excluding tert-OH is 1. The summed E-state index contributed by atoms with van der Waals surface area (Å²) < 4.78 is 5.15. The minimum absolute atomic E-state index is 0.0384. The molecule has 0 saturated heterocycles. The summed E-state index contributed by atoms with van der Waals surface area (Å²) in [7, 11) is 0. The van der Waals surface area contributed by atoms with Gasteiger partial charge in [0, 0.05) is 24.6 Å². The predicted octanol–water partition coefficient (Wildman–Crippen LogP) is 1.69. The van der Waals surface area contributed by atoms with Crippen molar-refractivity contribution < 1.29 is 14.4 Å². The van der Waals surface area contributed by atoms with Crippen molar-refractivity contribution in [3.05, 3.63) is 17.5 Å². The van der Waals surface area contributed by atoms with Crippen LogP contribution in [0.15, 0.2) is 10.6 Å². The van der Waals surface area contributed by atoms with Crippen LogP contribution < -0.4 is 5.32 Å². The maximum Gasteiger partial charge on any atom is 0.273 e. The second-order valence-corrected chi connectivity index (χ2v) is 5.23. The van der Waals surface area contributed by atoms with Gasteiger partial charge in [-0.3, -0.25) is 4.79 Å². The van der Waals surface area contributed by atoms with E-state index in [-0.39, 0.29) is 24.5 Å². The van der Waals surface area contributed by atoms with Gasteiger partial charge in [-0.05, 0) is 25.2 Å². The second kappa shape index (κ2) is 5.52. The normalized spacial score (nSPS) is 16.9. The number of aromatic nitrogens is 1. The van der Waals surface area contributed by atoms with Gasteiger partial charge in [-0.15, -0.1) is 0 Å². The van der Waals surface area contributed by atoms with Gasteiger partial charge in [0.05, 0.1) is 0 Å². The van der Waals surface area contributed by atoms with Crippen LogP contribution in [0, 0.1) is 5.92 Å². The molecule has 0 spiro atoms. The van der Waals surface area contributed by atoms with Crippen molar-refractivity contribution >= 4 is 5.91 Å². The Morgan fingerprint density at radius 2 is 2.33 bits per heavy atom. The molecule has 2 N–H and O–H groups in total. The lowest BCUT2D eigenvalue weighted by molar-refractivity contribution is 0.0907. The minimum Gasteiger partial charge on any atom is -0.396 e. The monoisotopic (exact) mass is 252 g/mol. The molecule has 1 saturated carbocycles. The highest BCUT2D eigenvalue weighted by molar-refractivity contribution is 5.92. The molecule has 1 unspecified atom stereocenters. The molecule has 1 atom stereocenters. The molecular weight excluding hydrogens is 232 g/mol. The second-order valence-electron chi connectivity index (χ2n) is 5.23. The number of hydrogen-bond donors (Lipinski definition) is 2. The van der Waals surface area contributed by atoms with Gasteiger partial charge in [-0.2, -0.15) is 0 Å². The molecule has 1 fully saturated rings. The first-order chi connectivity index (χ1) is 8.61. The van der Waals surface area contributed by atoms with Gasteiger partial charge in [0.1, 0.15) is 5.76 Å². The molecule has 1 aliphatic rings. The first kappa shape index (κ1) is 13.1. The quantitative estimate of drug-likeness (QED) is 0.807. The summed E-state index contributed by atoms with van der Waals surface area (Å²) in [5.41, 5.74) is 0.334. The molecular formula is C13H20N2O3. The zero-order valence-electron chi connectivity index (χ0n) is 10.8. The molecule has 100 valence electrons. The lowest BCUT2D eigenvalue weighted by Gasteiger charge is -2.20. The Kier molecular flexibility index (Phi) is 4.01. The Morgan fingerprint density at radius 1 is 1.61 bits per heavy atom. The van der Waals surface area contributed by atoms with Gasteiger partial charge in [0.2, 0.25) is 0 Å². The lowest BCUT2D eigenvalue weighted by Crippen LogP contribution is -2.39. The summed E-state index contributed by atoms with van der Waals surface area (Å²) in [5, 5.41) is 15.7. The Bertz CT molecular complexity index is 410. The van der Waals surface area contributed by atoms with Crippen molar-refractivity contribution in [2.24, 2.45) is 5.92 Å². The number of rotatable bonds is 6. The Hall–Kier alpha value is -1.36. The van der Waals surface area contributed by atoms with Crippen molar-refractivity contribution in [3.8, 4) is 0 Å². The molecule has 1 aromatic heterocycles. The largest absolute Gasteiger partial charge is 0.396 e. The molecule has 0 aromatic carbocycles. The van der Waals surface area contributed by atoms with Crippen molar-refractivity contribution in [3.63, 3.8) is 0 Å². The maximum absolute atomic E-state index is 12.0. The number of amides is 1. The average Bonchev–Trinajstić information content (AvgIpc) is 3.06. The topological polar surface area (TPSA) is 75.4 Å². The highest BCUT2D eigenvalue weighted by Crippen LogP contribution is 2.40. The maximum atomic E-state index is 12.0. The van der Waals surface area contributed by atoms with Crippen LogP contribution in [0.4, 0.5) is 0 Å². The number of carbonyl (C=O) groups excluding carboxylic acids is 1. The zero-order chi connectivity index (χ0) is 13.1. The van der Waals surface area contributed by atoms with Gasteiger partial charge >= 0.3 is 0 Å². The number of carbonyl (C=O) groups is 1. The van der Waals surface area contributed by atoms with Crippen LogP contribution in [0.5, 0.6) is 0 Å². The van der Waals surface area contributed by atoms with Crippen LogP contribution in [0.25, 0.3) is 0 Å². The van der Waals surface area contributed by atoms with Crippen molar-refractivity contribution in [1.82, 2.24) is 10.5 Å². The summed E-state index contributed by atoms with van der Waals surface area (Å²) in [5.74, 6) is 1.31. The lowest BCUT2D eigenvalue weighted by atomic mass is 10.0. The third kappa shape index (κ3) is 3.10. The van der Waals surface area contributed by atoms with E-state index in [1.165, 1.54) is 0 Å². The van der Waals surface area contributed by atoms with E-state index in [1.54, 1.807) is 6.07 Å². The summed E-state index contributed by atoms with van der Waals surface area (Å²) >= 11 is 0. The number of nitrogens with one attached hydrogen (secondary N) is 1. The molecule has 1 amide bonds. The van der Waals surface area contributed by atoms with E-state index in [1.807, 2.05) is 13.8 Å². The van der Waals surface area contributed by atoms with E-state index in [2.05, 4.69) is 10.5 Å². The van der Waals surface area contributed by atoms with Gasteiger partial charge < -0.3 is 14.9 Å². The van der Waals surface area contributed by atoms with Crippen LogP contribution in [0.1, 0.15) is 55.3 Å². The zero-order valence-corrected chi connectivity index (χ0v) is 10.8.